The first kappa shape index (κ1) is 15.3. The molecular formula is C16H15ClFNO2. The lowest BCUT2D eigenvalue weighted by molar-refractivity contribution is 0.0943. The lowest BCUT2D eigenvalue weighted by atomic mass is 10.2. The average molecular weight is 308 g/mol. The lowest BCUT2D eigenvalue weighted by Crippen LogP contribution is -2.29. The van der Waals surface area contributed by atoms with Crippen LogP contribution in [-0.4, -0.2) is 19.1 Å². The van der Waals surface area contributed by atoms with E-state index in [0.29, 0.717) is 6.61 Å². The Labute approximate surface area is 127 Å². The summed E-state index contributed by atoms with van der Waals surface area (Å²) in [7, 11) is 0. The molecule has 0 saturated carbocycles. The summed E-state index contributed by atoms with van der Waals surface area (Å²) in [4.78, 5) is 11.9. The van der Waals surface area contributed by atoms with Crippen molar-refractivity contribution in [1.29, 1.82) is 0 Å². The highest BCUT2D eigenvalue weighted by atomic mass is 35.5. The summed E-state index contributed by atoms with van der Waals surface area (Å²) in [6.45, 7) is 2.54. The average Bonchev–Trinajstić information content (AvgIpc) is 2.45. The van der Waals surface area contributed by atoms with E-state index in [1.807, 2.05) is 31.2 Å². The van der Waals surface area contributed by atoms with Gasteiger partial charge in [-0.1, -0.05) is 35.4 Å². The van der Waals surface area contributed by atoms with Crippen LogP contribution in [0.1, 0.15) is 15.9 Å². The van der Waals surface area contributed by atoms with Gasteiger partial charge in [0.2, 0.25) is 0 Å². The van der Waals surface area contributed by atoms with E-state index in [1.54, 1.807) is 0 Å². The van der Waals surface area contributed by atoms with Crippen molar-refractivity contribution in [2.45, 2.75) is 6.92 Å². The lowest BCUT2D eigenvalue weighted by Gasteiger charge is -2.09. The maximum atomic E-state index is 13.5. The zero-order valence-corrected chi connectivity index (χ0v) is 12.3. The van der Waals surface area contributed by atoms with Gasteiger partial charge in [0.05, 0.1) is 17.1 Å². The second-order valence-corrected chi connectivity index (χ2v) is 4.92. The first-order chi connectivity index (χ1) is 10.1. The summed E-state index contributed by atoms with van der Waals surface area (Å²) in [5.41, 5.74) is 0.999. The van der Waals surface area contributed by atoms with Crippen molar-refractivity contribution in [2.75, 3.05) is 13.2 Å². The Hall–Kier alpha value is -2.07. The maximum absolute atomic E-state index is 13.5. The molecule has 2 aromatic carbocycles. The summed E-state index contributed by atoms with van der Waals surface area (Å²) in [6.07, 6.45) is 0. The predicted octanol–water partition coefficient (Wildman–Crippen LogP) is 3.60. The van der Waals surface area contributed by atoms with Crippen LogP contribution in [0, 0.1) is 12.7 Å². The fourth-order valence-corrected chi connectivity index (χ4v) is 2.02. The number of halogens is 2. The third-order valence-corrected chi connectivity index (χ3v) is 3.18. The fraction of sp³-hybridized carbons (Fsp3) is 0.188. The molecule has 2 aromatic rings. The molecule has 0 spiro atoms. The normalized spacial score (nSPS) is 10.2. The molecule has 0 aliphatic heterocycles. The minimum atomic E-state index is -0.639. The molecule has 21 heavy (non-hydrogen) atoms. The Bertz CT molecular complexity index is 608. The van der Waals surface area contributed by atoms with Gasteiger partial charge in [-0.3, -0.25) is 4.79 Å². The Morgan fingerprint density at radius 3 is 2.62 bits per heavy atom. The molecule has 0 saturated heterocycles. The predicted molar refractivity (Wildman–Crippen MR) is 80.4 cm³/mol. The second-order valence-electron chi connectivity index (χ2n) is 4.51. The van der Waals surface area contributed by atoms with Gasteiger partial charge in [-0.05, 0) is 31.2 Å². The van der Waals surface area contributed by atoms with E-state index in [-0.39, 0.29) is 17.1 Å². The third-order valence-electron chi connectivity index (χ3n) is 2.87. The third kappa shape index (κ3) is 4.20. The summed E-state index contributed by atoms with van der Waals surface area (Å²) >= 11 is 5.82. The molecule has 0 heterocycles. The number of rotatable bonds is 5. The molecule has 3 nitrogen and oxygen atoms in total. The minimum absolute atomic E-state index is 0.0898. The monoisotopic (exact) mass is 307 g/mol. The van der Waals surface area contributed by atoms with Crippen LogP contribution in [-0.2, 0) is 0 Å². The number of ether oxygens (including phenoxy) is 1. The van der Waals surface area contributed by atoms with E-state index >= 15 is 0 Å². The van der Waals surface area contributed by atoms with Crippen molar-refractivity contribution in [3.05, 3.63) is 64.4 Å². The summed E-state index contributed by atoms with van der Waals surface area (Å²) in [6, 6.07) is 11.7. The second kappa shape index (κ2) is 7.09. The van der Waals surface area contributed by atoms with Gasteiger partial charge in [-0.15, -0.1) is 0 Å². The Kier molecular flexibility index (Phi) is 5.17. The highest BCUT2D eigenvalue weighted by Crippen LogP contribution is 2.18. The van der Waals surface area contributed by atoms with Crippen molar-refractivity contribution in [3.8, 4) is 5.75 Å². The van der Waals surface area contributed by atoms with Crippen molar-refractivity contribution in [3.63, 3.8) is 0 Å². The van der Waals surface area contributed by atoms with Crippen molar-refractivity contribution >= 4 is 17.5 Å². The number of hydrogen-bond acceptors (Lipinski definition) is 2. The molecule has 110 valence electrons. The minimum Gasteiger partial charge on any atom is -0.492 e. The quantitative estimate of drug-likeness (QED) is 0.857. The van der Waals surface area contributed by atoms with Gasteiger partial charge in [0.15, 0.2) is 0 Å². The number of hydrogen-bond donors (Lipinski definition) is 1. The molecule has 0 fully saturated rings. The highest BCUT2D eigenvalue weighted by Gasteiger charge is 2.14. The largest absolute Gasteiger partial charge is 0.492 e. The molecule has 1 amide bonds. The van der Waals surface area contributed by atoms with Gasteiger partial charge < -0.3 is 10.1 Å². The standard InChI is InChI=1S/C16H15ClFNO2/c1-11-5-7-12(8-6-11)21-10-9-19-16(20)15-13(17)3-2-4-14(15)18/h2-8H,9-10H2,1H3,(H,19,20). The van der Waals surface area contributed by atoms with E-state index in [0.717, 1.165) is 11.3 Å². The smallest absolute Gasteiger partial charge is 0.255 e. The molecule has 0 aromatic heterocycles. The first-order valence-electron chi connectivity index (χ1n) is 6.49. The zero-order valence-electron chi connectivity index (χ0n) is 11.5. The van der Waals surface area contributed by atoms with E-state index in [2.05, 4.69) is 5.32 Å². The molecule has 0 radical (unpaired) electrons. The Morgan fingerprint density at radius 1 is 1.24 bits per heavy atom. The van der Waals surface area contributed by atoms with Crippen molar-refractivity contribution in [1.82, 2.24) is 5.32 Å². The van der Waals surface area contributed by atoms with Crippen LogP contribution in [0.3, 0.4) is 0 Å². The van der Waals surface area contributed by atoms with Crippen LogP contribution in [0.4, 0.5) is 4.39 Å². The van der Waals surface area contributed by atoms with Gasteiger partial charge in [0.25, 0.3) is 5.91 Å². The summed E-state index contributed by atoms with van der Waals surface area (Å²) in [5, 5.41) is 2.66. The van der Waals surface area contributed by atoms with Crippen LogP contribution in [0.2, 0.25) is 5.02 Å². The first-order valence-corrected chi connectivity index (χ1v) is 6.87. The molecule has 5 heteroatoms. The number of nitrogens with one attached hydrogen (secondary N) is 1. The van der Waals surface area contributed by atoms with Gasteiger partial charge >= 0.3 is 0 Å². The molecule has 2 rings (SSSR count). The van der Waals surface area contributed by atoms with Crippen LogP contribution >= 0.6 is 11.6 Å². The molecule has 0 atom stereocenters. The molecule has 1 N–H and O–H groups in total. The Morgan fingerprint density at radius 2 is 1.95 bits per heavy atom. The maximum Gasteiger partial charge on any atom is 0.255 e. The van der Waals surface area contributed by atoms with Gasteiger partial charge in [0, 0.05) is 0 Å². The number of benzene rings is 2. The van der Waals surface area contributed by atoms with Crippen LogP contribution in [0.25, 0.3) is 0 Å². The van der Waals surface area contributed by atoms with Crippen LogP contribution < -0.4 is 10.1 Å². The highest BCUT2D eigenvalue weighted by molar-refractivity contribution is 6.33. The number of aryl methyl sites for hydroxylation is 1. The van der Waals surface area contributed by atoms with E-state index in [1.165, 1.54) is 18.2 Å². The zero-order chi connectivity index (χ0) is 15.2. The topological polar surface area (TPSA) is 38.3 Å². The SMILES string of the molecule is Cc1ccc(OCCNC(=O)c2c(F)cccc2Cl)cc1. The van der Waals surface area contributed by atoms with E-state index in [9.17, 15) is 9.18 Å². The van der Waals surface area contributed by atoms with Crippen molar-refractivity contribution in [2.24, 2.45) is 0 Å². The molecule has 0 aliphatic rings. The summed E-state index contributed by atoms with van der Waals surface area (Å²) in [5.74, 6) is -0.469. The van der Waals surface area contributed by atoms with E-state index in [4.69, 9.17) is 16.3 Å². The number of carbonyl (C=O) groups excluding carboxylic acids is 1. The summed E-state index contributed by atoms with van der Waals surface area (Å²) < 4.78 is 19.0. The molecule has 0 unspecified atom stereocenters. The van der Waals surface area contributed by atoms with Crippen molar-refractivity contribution < 1.29 is 13.9 Å². The molecular weight excluding hydrogens is 293 g/mol. The van der Waals surface area contributed by atoms with Crippen LogP contribution in [0.15, 0.2) is 42.5 Å². The molecule has 0 bridgehead atoms. The van der Waals surface area contributed by atoms with E-state index < -0.39 is 11.7 Å². The Balaban J connectivity index is 1.83. The number of amides is 1. The van der Waals surface area contributed by atoms with Crippen LogP contribution in [0.5, 0.6) is 5.75 Å². The van der Waals surface area contributed by atoms with Gasteiger partial charge in [-0.25, -0.2) is 4.39 Å². The van der Waals surface area contributed by atoms with Gasteiger partial charge in [0.1, 0.15) is 18.2 Å². The fourth-order valence-electron chi connectivity index (χ4n) is 1.77. The molecule has 0 aliphatic carbocycles. The van der Waals surface area contributed by atoms with Gasteiger partial charge in [-0.2, -0.15) is 0 Å². The number of carbonyl (C=O) groups is 1.